The van der Waals surface area contributed by atoms with Crippen molar-refractivity contribution in [1.29, 1.82) is 0 Å². The molecule has 0 bridgehead atoms. The molecule has 28 heavy (non-hydrogen) atoms. The highest BCUT2D eigenvalue weighted by Gasteiger charge is 2.24. The Bertz CT molecular complexity index is 696. The van der Waals surface area contributed by atoms with Crippen LogP contribution in [-0.2, 0) is 9.59 Å². The van der Waals surface area contributed by atoms with Crippen molar-refractivity contribution in [2.24, 2.45) is 5.92 Å². The topological polar surface area (TPSA) is 61.4 Å². The molecule has 1 saturated heterocycles. The SMILES string of the molecule is CC(C)(C)NC(=O)CN1CCC(CC(=O)Nc2cc(F)cc(C(F)F)c2)CC1. The van der Waals surface area contributed by atoms with Gasteiger partial charge in [-0.1, -0.05) is 0 Å². The molecule has 8 heteroatoms. The molecule has 2 rings (SSSR count). The van der Waals surface area contributed by atoms with Gasteiger partial charge in [-0.3, -0.25) is 14.5 Å². The van der Waals surface area contributed by atoms with Crippen molar-refractivity contribution in [1.82, 2.24) is 10.2 Å². The van der Waals surface area contributed by atoms with Gasteiger partial charge in [0, 0.05) is 23.2 Å². The van der Waals surface area contributed by atoms with Crippen molar-refractivity contribution < 1.29 is 22.8 Å². The lowest BCUT2D eigenvalue weighted by Crippen LogP contribution is -2.47. The average molecular weight is 399 g/mol. The first-order valence-corrected chi connectivity index (χ1v) is 9.43. The summed E-state index contributed by atoms with van der Waals surface area (Å²) < 4.78 is 38.9. The summed E-state index contributed by atoms with van der Waals surface area (Å²) in [6, 6.07) is 2.87. The number of likely N-dealkylation sites (tertiary alicyclic amines) is 1. The Labute approximate surface area is 163 Å². The molecule has 0 radical (unpaired) electrons. The number of carbonyl (C=O) groups excluding carboxylic acids is 2. The fourth-order valence-electron chi connectivity index (χ4n) is 3.29. The van der Waals surface area contributed by atoms with E-state index < -0.39 is 17.8 Å². The molecule has 156 valence electrons. The van der Waals surface area contributed by atoms with Crippen molar-refractivity contribution in [3.8, 4) is 0 Å². The van der Waals surface area contributed by atoms with E-state index in [4.69, 9.17) is 0 Å². The Kier molecular flexibility index (Phi) is 7.46. The predicted molar refractivity (Wildman–Crippen MR) is 102 cm³/mol. The molecule has 5 nitrogen and oxygen atoms in total. The zero-order valence-electron chi connectivity index (χ0n) is 16.5. The monoisotopic (exact) mass is 399 g/mol. The van der Waals surface area contributed by atoms with Crippen molar-refractivity contribution in [3.05, 3.63) is 29.6 Å². The minimum atomic E-state index is -2.80. The highest BCUT2D eigenvalue weighted by atomic mass is 19.3. The fourth-order valence-corrected chi connectivity index (χ4v) is 3.29. The fraction of sp³-hybridized carbons (Fsp3) is 0.600. The quantitative estimate of drug-likeness (QED) is 0.767. The summed E-state index contributed by atoms with van der Waals surface area (Å²) in [6.07, 6.45) is -1.03. The second-order valence-electron chi connectivity index (χ2n) is 8.34. The van der Waals surface area contributed by atoms with Crippen molar-refractivity contribution in [2.45, 2.75) is 52.0 Å². The molecule has 0 spiro atoms. The number of nitrogens with zero attached hydrogens (tertiary/aromatic N) is 1. The van der Waals surface area contributed by atoms with Gasteiger partial charge in [0.1, 0.15) is 5.82 Å². The summed E-state index contributed by atoms with van der Waals surface area (Å²) in [5.41, 5.74) is -0.692. The van der Waals surface area contributed by atoms with Crippen molar-refractivity contribution in [2.75, 3.05) is 25.0 Å². The summed E-state index contributed by atoms with van der Waals surface area (Å²) in [4.78, 5) is 26.2. The van der Waals surface area contributed by atoms with Crippen LogP contribution in [0.3, 0.4) is 0 Å². The van der Waals surface area contributed by atoms with E-state index >= 15 is 0 Å². The number of alkyl halides is 2. The Morgan fingerprint density at radius 1 is 1.14 bits per heavy atom. The molecular formula is C20H28F3N3O2. The van der Waals surface area contributed by atoms with Crippen LogP contribution in [0, 0.1) is 11.7 Å². The van der Waals surface area contributed by atoms with Gasteiger partial charge in [0.2, 0.25) is 11.8 Å². The zero-order valence-corrected chi connectivity index (χ0v) is 16.5. The van der Waals surface area contributed by atoms with Gasteiger partial charge in [0.15, 0.2) is 0 Å². The van der Waals surface area contributed by atoms with Gasteiger partial charge < -0.3 is 10.6 Å². The average Bonchev–Trinajstić information content (AvgIpc) is 2.54. The minimum Gasteiger partial charge on any atom is -0.350 e. The molecule has 0 unspecified atom stereocenters. The van der Waals surface area contributed by atoms with Gasteiger partial charge >= 0.3 is 0 Å². The number of halogens is 3. The first-order chi connectivity index (χ1) is 13.0. The second-order valence-corrected chi connectivity index (χ2v) is 8.34. The molecule has 0 saturated carbocycles. The van der Waals surface area contributed by atoms with Gasteiger partial charge in [-0.15, -0.1) is 0 Å². The van der Waals surface area contributed by atoms with Gasteiger partial charge in [-0.05, 0) is 70.8 Å². The molecule has 2 N–H and O–H groups in total. The van der Waals surface area contributed by atoms with E-state index in [9.17, 15) is 22.8 Å². The van der Waals surface area contributed by atoms with Crippen LogP contribution in [0.15, 0.2) is 18.2 Å². The molecule has 0 atom stereocenters. The lowest BCUT2D eigenvalue weighted by Gasteiger charge is -2.32. The highest BCUT2D eigenvalue weighted by molar-refractivity contribution is 5.91. The number of benzene rings is 1. The molecule has 0 aromatic heterocycles. The highest BCUT2D eigenvalue weighted by Crippen LogP contribution is 2.25. The summed E-state index contributed by atoms with van der Waals surface area (Å²) in [6.45, 7) is 7.54. The molecular weight excluding hydrogens is 371 g/mol. The van der Waals surface area contributed by atoms with Crippen LogP contribution in [-0.4, -0.2) is 41.9 Å². The van der Waals surface area contributed by atoms with E-state index in [-0.39, 0.29) is 35.4 Å². The number of nitrogens with one attached hydrogen (secondary N) is 2. The number of anilines is 1. The largest absolute Gasteiger partial charge is 0.350 e. The van der Waals surface area contributed by atoms with E-state index in [2.05, 4.69) is 15.5 Å². The third-order valence-electron chi connectivity index (χ3n) is 4.52. The Balaban J connectivity index is 1.78. The third kappa shape index (κ3) is 7.50. The number of amides is 2. The number of piperidine rings is 1. The van der Waals surface area contributed by atoms with E-state index in [1.807, 2.05) is 20.8 Å². The number of rotatable bonds is 6. The molecule has 1 aromatic rings. The first-order valence-electron chi connectivity index (χ1n) is 9.43. The van der Waals surface area contributed by atoms with Crippen LogP contribution in [0.1, 0.15) is 52.0 Å². The van der Waals surface area contributed by atoms with Crippen LogP contribution in [0.2, 0.25) is 0 Å². The Hall–Kier alpha value is -2.09. The van der Waals surface area contributed by atoms with Gasteiger partial charge in [-0.25, -0.2) is 13.2 Å². The minimum absolute atomic E-state index is 0.0235. The van der Waals surface area contributed by atoms with Crippen LogP contribution in [0.5, 0.6) is 0 Å². The van der Waals surface area contributed by atoms with E-state index in [0.717, 1.165) is 31.0 Å². The summed E-state index contributed by atoms with van der Waals surface area (Å²) in [5, 5.41) is 5.43. The molecule has 1 aromatic carbocycles. The number of carbonyl (C=O) groups is 2. The molecule has 1 aliphatic rings. The smallest absolute Gasteiger partial charge is 0.264 e. The number of hydrogen-bond donors (Lipinski definition) is 2. The number of hydrogen-bond acceptors (Lipinski definition) is 3. The molecule has 1 heterocycles. The normalized spacial score (nSPS) is 16.2. The molecule has 0 aliphatic carbocycles. The van der Waals surface area contributed by atoms with Crippen molar-refractivity contribution in [3.63, 3.8) is 0 Å². The predicted octanol–water partition coefficient (Wildman–Crippen LogP) is 3.72. The standard InChI is InChI=1S/C20H28F3N3O2/c1-20(2,3)25-18(28)12-26-6-4-13(5-7-26)8-17(27)24-16-10-14(19(22)23)9-15(21)11-16/h9-11,13,19H,4-8,12H2,1-3H3,(H,24,27)(H,25,28). The first kappa shape index (κ1) is 22.2. The third-order valence-corrected chi connectivity index (χ3v) is 4.52. The summed E-state index contributed by atoms with van der Waals surface area (Å²) >= 11 is 0. The Morgan fingerprint density at radius 3 is 2.36 bits per heavy atom. The van der Waals surface area contributed by atoms with Gasteiger partial charge in [-0.2, -0.15) is 0 Å². The van der Waals surface area contributed by atoms with Gasteiger partial charge in [0.05, 0.1) is 6.54 Å². The summed E-state index contributed by atoms with van der Waals surface area (Å²) in [5.74, 6) is -1.01. The molecule has 1 fully saturated rings. The lowest BCUT2D eigenvalue weighted by molar-refractivity contribution is -0.124. The molecule has 1 aliphatic heterocycles. The lowest BCUT2D eigenvalue weighted by atomic mass is 9.93. The van der Waals surface area contributed by atoms with E-state index in [1.54, 1.807) is 0 Å². The zero-order chi connectivity index (χ0) is 20.9. The maximum Gasteiger partial charge on any atom is 0.264 e. The van der Waals surface area contributed by atoms with Gasteiger partial charge in [0.25, 0.3) is 6.43 Å². The molecule has 2 amide bonds. The second kappa shape index (κ2) is 9.41. The van der Waals surface area contributed by atoms with Crippen molar-refractivity contribution >= 4 is 17.5 Å². The Morgan fingerprint density at radius 2 is 1.79 bits per heavy atom. The summed E-state index contributed by atoms with van der Waals surface area (Å²) in [7, 11) is 0. The van der Waals surface area contributed by atoms with E-state index in [1.165, 1.54) is 0 Å². The van der Waals surface area contributed by atoms with E-state index in [0.29, 0.717) is 19.6 Å². The van der Waals surface area contributed by atoms with Crippen LogP contribution in [0.25, 0.3) is 0 Å². The van der Waals surface area contributed by atoms with Crippen LogP contribution < -0.4 is 10.6 Å². The maximum absolute atomic E-state index is 13.4. The maximum atomic E-state index is 13.4. The van der Waals surface area contributed by atoms with Crippen LogP contribution >= 0.6 is 0 Å². The van der Waals surface area contributed by atoms with Crippen LogP contribution in [0.4, 0.5) is 18.9 Å².